The van der Waals surface area contributed by atoms with E-state index in [4.69, 9.17) is 9.47 Å². The lowest BCUT2D eigenvalue weighted by molar-refractivity contribution is -0.115. The van der Waals surface area contributed by atoms with Gasteiger partial charge in [-0.05, 0) is 36.4 Å². The minimum atomic E-state index is -0.274. The molecule has 3 rings (SSSR count). The Labute approximate surface area is 166 Å². The third kappa shape index (κ3) is 5.08. The number of anilines is 2. The van der Waals surface area contributed by atoms with Gasteiger partial charge in [0.1, 0.15) is 11.5 Å². The molecule has 0 aliphatic rings. The molecule has 8 heteroatoms. The van der Waals surface area contributed by atoms with E-state index in [1.165, 1.54) is 11.3 Å². The van der Waals surface area contributed by atoms with Crippen LogP contribution in [0.3, 0.4) is 0 Å². The highest BCUT2D eigenvalue weighted by Crippen LogP contribution is 2.20. The Bertz CT molecular complexity index is 970. The molecule has 2 aromatic carbocycles. The van der Waals surface area contributed by atoms with E-state index >= 15 is 0 Å². The number of carbonyl (C=O) groups is 2. The highest BCUT2D eigenvalue weighted by Gasteiger charge is 2.12. The van der Waals surface area contributed by atoms with Gasteiger partial charge in [-0.1, -0.05) is 6.07 Å². The van der Waals surface area contributed by atoms with Crippen molar-refractivity contribution in [1.29, 1.82) is 0 Å². The number of ether oxygens (including phenoxy) is 2. The van der Waals surface area contributed by atoms with Crippen LogP contribution < -0.4 is 20.1 Å². The van der Waals surface area contributed by atoms with E-state index in [1.54, 1.807) is 68.1 Å². The van der Waals surface area contributed by atoms with Gasteiger partial charge in [-0.25, -0.2) is 4.98 Å². The fourth-order valence-electron chi connectivity index (χ4n) is 2.43. The van der Waals surface area contributed by atoms with E-state index in [0.717, 1.165) is 0 Å². The number of hydrogen-bond acceptors (Lipinski definition) is 6. The molecule has 0 saturated carbocycles. The standard InChI is InChI=1S/C20H19N3O4S/c1-26-16-8-6-13(7-9-16)19(25)23-20-22-15(12-28-20)11-18(24)21-14-4-3-5-17(10-14)27-2/h3-10,12H,11H2,1-2H3,(H,21,24)(H,22,23,25). The zero-order valence-electron chi connectivity index (χ0n) is 15.4. The van der Waals surface area contributed by atoms with Gasteiger partial charge in [0.15, 0.2) is 5.13 Å². The van der Waals surface area contributed by atoms with Crippen molar-refractivity contribution in [3.8, 4) is 11.5 Å². The SMILES string of the molecule is COc1ccc(C(=O)Nc2nc(CC(=O)Nc3cccc(OC)c3)cs2)cc1. The summed E-state index contributed by atoms with van der Waals surface area (Å²) in [4.78, 5) is 28.8. The molecule has 0 aliphatic carbocycles. The molecule has 0 saturated heterocycles. The smallest absolute Gasteiger partial charge is 0.257 e. The fraction of sp³-hybridized carbons (Fsp3) is 0.150. The topological polar surface area (TPSA) is 89.5 Å². The van der Waals surface area contributed by atoms with Crippen LogP contribution in [0.4, 0.5) is 10.8 Å². The molecule has 0 bridgehead atoms. The van der Waals surface area contributed by atoms with Crippen LogP contribution in [0.1, 0.15) is 16.1 Å². The van der Waals surface area contributed by atoms with Gasteiger partial charge in [0, 0.05) is 22.7 Å². The van der Waals surface area contributed by atoms with Crippen molar-refractivity contribution >= 4 is 34.0 Å². The summed E-state index contributed by atoms with van der Waals surface area (Å²) in [5.74, 6) is 0.862. The second-order valence-electron chi connectivity index (χ2n) is 5.78. The normalized spacial score (nSPS) is 10.2. The number of thiazole rings is 1. The highest BCUT2D eigenvalue weighted by molar-refractivity contribution is 7.14. The summed E-state index contributed by atoms with van der Waals surface area (Å²) in [6, 6.07) is 13.9. The van der Waals surface area contributed by atoms with Crippen LogP contribution in [-0.2, 0) is 11.2 Å². The minimum Gasteiger partial charge on any atom is -0.497 e. The number of hydrogen-bond donors (Lipinski definition) is 2. The molecule has 0 radical (unpaired) electrons. The van der Waals surface area contributed by atoms with E-state index in [-0.39, 0.29) is 18.2 Å². The van der Waals surface area contributed by atoms with E-state index in [1.807, 2.05) is 0 Å². The molecule has 144 valence electrons. The first-order valence-corrected chi connectivity index (χ1v) is 9.29. The number of benzene rings is 2. The Kier molecular flexibility index (Phi) is 6.23. The van der Waals surface area contributed by atoms with Gasteiger partial charge in [-0.2, -0.15) is 0 Å². The zero-order chi connectivity index (χ0) is 19.9. The number of methoxy groups -OCH3 is 2. The maximum Gasteiger partial charge on any atom is 0.257 e. The van der Waals surface area contributed by atoms with Gasteiger partial charge in [0.25, 0.3) is 5.91 Å². The zero-order valence-corrected chi connectivity index (χ0v) is 16.2. The Balaban J connectivity index is 1.57. The van der Waals surface area contributed by atoms with Crippen LogP contribution in [-0.4, -0.2) is 31.0 Å². The third-order valence-electron chi connectivity index (χ3n) is 3.82. The molecule has 0 spiro atoms. The molecule has 3 aromatic rings. The summed E-state index contributed by atoms with van der Waals surface area (Å²) in [5.41, 5.74) is 1.72. The van der Waals surface area contributed by atoms with Gasteiger partial charge in [-0.3, -0.25) is 14.9 Å². The predicted octanol–water partition coefficient (Wildman–Crippen LogP) is 3.59. The first-order valence-electron chi connectivity index (χ1n) is 8.41. The Morgan fingerprint density at radius 3 is 2.46 bits per heavy atom. The van der Waals surface area contributed by atoms with Gasteiger partial charge in [0.05, 0.1) is 26.3 Å². The molecule has 0 aliphatic heterocycles. The quantitative estimate of drug-likeness (QED) is 0.636. The Hall–Kier alpha value is -3.39. The first-order chi connectivity index (χ1) is 13.6. The molecule has 7 nitrogen and oxygen atoms in total. The largest absolute Gasteiger partial charge is 0.497 e. The molecular formula is C20H19N3O4S. The molecule has 0 fully saturated rings. The number of rotatable bonds is 7. The van der Waals surface area contributed by atoms with E-state index < -0.39 is 0 Å². The lowest BCUT2D eigenvalue weighted by Gasteiger charge is -2.06. The van der Waals surface area contributed by atoms with Crippen LogP contribution in [0.5, 0.6) is 11.5 Å². The average molecular weight is 397 g/mol. The van der Waals surface area contributed by atoms with Crippen LogP contribution in [0.2, 0.25) is 0 Å². The molecule has 28 heavy (non-hydrogen) atoms. The third-order valence-corrected chi connectivity index (χ3v) is 4.63. The van der Waals surface area contributed by atoms with Crippen molar-refractivity contribution < 1.29 is 19.1 Å². The summed E-state index contributed by atoms with van der Waals surface area (Å²) in [7, 11) is 3.13. The monoisotopic (exact) mass is 397 g/mol. The van der Waals surface area contributed by atoms with Crippen molar-refractivity contribution in [2.45, 2.75) is 6.42 Å². The fourth-order valence-corrected chi connectivity index (χ4v) is 3.13. The molecule has 0 atom stereocenters. The predicted molar refractivity (Wildman–Crippen MR) is 108 cm³/mol. The van der Waals surface area contributed by atoms with Crippen molar-refractivity contribution in [3.05, 3.63) is 65.2 Å². The highest BCUT2D eigenvalue weighted by atomic mass is 32.1. The maximum absolute atomic E-state index is 12.3. The molecule has 1 aromatic heterocycles. The summed E-state index contributed by atoms with van der Waals surface area (Å²) in [6.45, 7) is 0. The van der Waals surface area contributed by atoms with Gasteiger partial charge < -0.3 is 14.8 Å². The van der Waals surface area contributed by atoms with Crippen LogP contribution >= 0.6 is 11.3 Å². The van der Waals surface area contributed by atoms with Gasteiger partial charge in [0.2, 0.25) is 5.91 Å². The summed E-state index contributed by atoms with van der Waals surface area (Å²) >= 11 is 1.27. The second-order valence-corrected chi connectivity index (χ2v) is 6.64. The minimum absolute atomic E-state index is 0.103. The lowest BCUT2D eigenvalue weighted by atomic mass is 10.2. The van der Waals surface area contributed by atoms with Crippen molar-refractivity contribution in [2.24, 2.45) is 0 Å². The number of nitrogens with zero attached hydrogens (tertiary/aromatic N) is 1. The summed E-state index contributed by atoms with van der Waals surface area (Å²) < 4.78 is 10.2. The van der Waals surface area contributed by atoms with E-state index in [0.29, 0.717) is 33.6 Å². The van der Waals surface area contributed by atoms with E-state index in [2.05, 4.69) is 15.6 Å². The number of nitrogens with one attached hydrogen (secondary N) is 2. The van der Waals surface area contributed by atoms with Gasteiger partial charge in [-0.15, -0.1) is 11.3 Å². The van der Waals surface area contributed by atoms with E-state index in [9.17, 15) is 9.59 Å². The molecular weight excluding hydrogens is 378 g/mol. The first kappa shape index (κ1) is 19.4. The lowest BCUT2D eigenvalue weighted by Crippen LogP contribution is -2.15. The molecule has 0 unspecified atom stereocenters. The molecule has 1 heterocycles. The van der Waals surface area contributed by atoms with Gasteiger partial charge >= 0.3 is 0 Å². The number of aromatic nitrogens is 1. The molecule has 2 amide bonds. The number of carbonyl (C=O) groups excluding carboxylic acids is 2. The number of amides is 2. The van der Waals surface area contributed by atoms with Crippen molar-refractivity contribution in [2.75, 3.05) is 24.9 Å². The Morgan fingerprint density at radius 1 is 1.00 bits per heavy atom. The second kappa shape index (κ2) is 9.01. The van der Waals surface area contributed by atoms with Crippen molar-refractivity contribution in [3.63, 3.8) is 0 Å². The maximum atomic E-state index is 12.3. The summed E-state index contributed by atoms with van der Waals surface area (Å²) in [5, 5.41) is 7.71. The van der Waals surface area contributed by atoms with Crippen LogP contribution in [0.25, 0.3) is 0 Å². The van der Waals surface area contributed by atoms with Crippen molar-refractivity contribution in [1.82, 2.24) is 4.98 Å². The van der Waals surface area contributed by atoms with Crippen LogP contribution in [0, 0.1) is 0 Å². The molecule has 2 N–H and O–H groups in total. The average Bonchev–Trinajstić information content (AvgIpc) is 3.14. The Morgan fingerprint density at radius 2 is 1.75 bits per heavy atom. The van der Waals surface area contributed by atoms with Crippen LogP contribution in [0.15, 0.2) is 53.9 Å². The summed E-state index contributed by atoms with van der Waals surface area (Å²) in [6.07, 6.45) is 0.103.